The normalized spacial score (nSPS) is 26.6. The van der Waals surface area contributed by atoms with Gasteiger partial charge >= 0.3 is 5.97 Å². The third-order valence-electron chi connectivity index (χ3n) is 2.10. The first-order valence-corrected chi connectivity index (χ1v) is 6.20. The van der Waals surface area contributed by atoms with Crippen LogP contribution in [0.4, 0.5) is 0 Å². The van der Waals surface area contributed by atoms with Crippen molar-refractivity contribution in [3.05, 3.63) is 21.9 Å². The van der Waals surface area contributed by atoms with Gasteiger partial charge in [-0.15, -0.1) is 23.1 Å². The average Bonchev–Trinajstić information content (AvgIpc) is 2.70. The Balaban J connectivity index is 2.05. The van der Waals surface area contributed by atoms with Crippen LogP contribution in [0.25, 0.3) is 0 Å². The van der Waals surface area contributed by atoms with Crippen LogP contribution in [0.3, 0.4) is 0 Å². The van der Waals surface area contributed by atoms with Gasteiger partial charge in [0.2, 0.25) is 0 Å². The lowest BCUT2D eigenvalue weighted by atomic mass is 10.3. The van der Waals surface area contributed by atoms with Crippen molar-refractivity contribution < 1.29 is 9.90 Å². The van der Waals surface area contributed by atoms with Gasteiger partial charge in [0.15, 0.2) is 0 Å². The van der Waals surface area contributed by atoms with Crippen LogP contribution < -0.4 is 5.32 Å². The summed E-state index contributed by atoms with van der Waals surface area (Å²) in [6.45, 7) is 2.06. The number of carboxylic acids is 1. The number of aliphatic carboxylic acids is 1. The van der Waals surface area contributed by atoms with E-state index in [1.165, 1.54) is 9.75 Å². The number of aryl methyl sites for hydroxylation is 1. The third-order valence-corrected chi connectivity index (χ3v) is 4.56. The minimum absolute atomic E-state index is 0.162. The van der Waals surface area contributed by atoms with Crippen molar-refractivity contribution in [2.24, 2.45) is 0 Å². The van der Waals surface area contributed by atoms with Gasteiger partial charge in [0, 0.05) is 15.5 Å². The average molecular weight is 229 g/mol. The Bertz CT molecular complexity index is 350. The van der Waals surface area contributed by atoms with E-state index in [9.17, 15) is 4.79 Å². The number of hydrogen-bond donors (Lipinski definition) is 2. The molecule has 0 spiro atoms. The van der Waals surface area contributed by atoms with E-state index in [0.717, 1.165) is 0 Å². The first-order valence-electron chi connectivity index (χ1n) is 4.33. The second-order valence-electron chi connectivity index (χ2n) is 3.22. The molecule has 1 aromatic rings. The van der Waals surface area contributed by atoms with E-state index in [4.69, 9.17) is 5.11 Å². The van der Waals surface area contributed by atoms with Gasteiger partial charge in [0.05, 0.1) is 5.37 Å². The number of nitrogens with one attached hydrogen (secondary N) is 1. The second kappa shape index (κ2) is 3.92. The summed E-state index contributed by atoms with van der Waals surface area (Å²) in [4.78, 5) is 13.2. The summed E-state index contributed by atoms with van der Waals surface area (Å²) < 4.78 is 0. The molecular formula is C9H11NO2S2. The van der Waals surface area contributed by atoms with Gasteiger partial charge in [-0.1, -0.05) is 0 Å². The van der Waals surface area contributed by atoms with Crippen LogP contribution in [0.1, 0.15) is 15.1 Å². The number of thiophene rings is 1. The maximum Gasteiger partial charge on any atom is 0.321 e. The molecule has 1 aliphatic heterocycles. The Labute approximate surface area is 90.5 Å². The van der Waals surface area contributed by atoms with E-state index in [1.807, 2.05) is 0 Å². The Morgan fingerprint density at radius 1 is 1.64 bits per heavy atom. The fourth-order valence-corrected chi connectivity index (χ4v) is 3.67. The highest BCUT2D eigenvalue weighted by Crippen LogP contribution is 2.36. The smallest absolute Gasteiger partial charge is 0.321 e. The third kappa shape index (κ3) is 1.94. The highest BCUT2D eigenvalue weighted by Gasteiger charge is 2.30. The highest BCUT2D eigenvalue weighted by molar-refractivity contribution is 7.99. The Kier molecular flexibility index (Phi) is 2.80. The molecule has 3 nitrogen and oxygen atoms in total. The summed E-state index contributed by atoms with van der Waals surface area (Å²) in [6.07, 6.45) is 0. The van der Waals surface area contributed by atoms with Gasteiger partial charge in [-0.2, -0.15) is 0 Å². The highest BCUT2D eigenvalue weighted by atomic mass is 32.2. The molecule has 2 N–H and O–H groups in total. The van der Waals surface area contributed by atoms with Crippen LogP contribution in [0.15, 0.2) is 12.1 Å². The van der Waals surface area contributed by atoms with Gasteiger partial charge in [0.25, 0.3) is 0 Å². The predicted molar refractivity (Wildman–Crippen MR) is 58.8 cm³/mol. The molecule has 1 fully saturated rings. The zero-order valence-corrected chi connectivity index (χ0v) is 9.32. The number of carboxylic acid groups (broad SMARTS) is 1. The summed E-state index contributed by atoms with van der Waals surface area (Å²) in [5.74, 6) is -0.106. The van der Waals surface area contributed by atoms with E-state index >= 15 is 0 Å². The van der Waals surface area contributed by atoms with E-state index in [1.54, 1.807) is 23.1 Å². The lowest BCUT2D eigenvalue weighted by Gasteiger charge is -2.07. The Morgan fingerprint density at radius 2 is 2.43 bits per heavy atom. The van der Waals surface area contributed by atoms with Crippen molar-refractivity contribution in [1.82, 2.24) is 5.32 Å². The van der Waals surface area contributed by atoms with Crippen molar-refractivity contribution in [1.29, 1.82) is 0 Å². The van der Waals surface area contributed by atoms with Crippen molar-refractivity contribution in [3.8, 4) is 0 Å². The lowest BCUT2D eigenvalue weighted by molar-refractivity contribution is -0.138. The molecule has 2 heterocycles. The Morgan fingerprint density at radius 3 is 2.93 bits per heavy atom. The quantitative estimate of drug-likeness (QED) is 0.812. The van der Waals surface area contributed by atoms with Gasteiger partial charge < -0.3 is 5.11 Å². The van der Waals surface area contributed by atoms with E-state index in [2.05, 4.69) is 24.4 Å². The molecule has 1 aromatic heterocycles. The molecule has 76 valence electrons. The molecule has 14 heavy (non-hydrogen) atoms. The van der Waals surface area contributed by atoms with Crippen molar-refractivity contribution in [3.63, 3.8) is 0 Å². The summed E-state index contributed by atoms with van der Waals surface area (Å²) in [5, 5.41) is 12.1. The zero-order valence-electron chi connectivity index (χ0n) is 7.69. The van der Waals surface area contributed by atoms with Crippen LogP contribution in [-0.4, -0.2) is 22.9 Å². The van der Waals surface area contributed by atoms with Crippen molar-refractivity contribution in [2.75, 3.05) is 5.75 Å². The maximum absolute atomic E-state index is 10.7. The molecule has 0 bridgehead atoms. The summed E-state index contributed by atoms with van der Waals surface area (Å²) in [6, 6.07) is 3.73. The fourth-order valence-electron chi connectivity index (χ4n) is 1.37. The topological polar surface area (TPSA) is 49.3 Å². The minimum atomic E-state index is -0.756. The van der Waals surface area contributed by atoms with Crippen LogP contribution >= 0.6 is 23.1 Å². The number of hydrogen-bond acceptors (Lipinski definition) is 4. The molecule has 1 aliphatic rings. The van der Waals surface area contributed by atoms with E-state index in [0.29, 0.717) is 5.75 Å². The standard InChI is InChI=1S/C9H11NO2S2/c1-5-2-3-7(14-5)8-10-6(4-13-8)9(11)12/h2-3,6,8,10H,4H2,1H3,(H,11,12)/t6-,8?/m1/s1. The summed E-state index contributed by atoms with van der Waals surface area (Å²) in [7, 11) is 0. The maximum atomic E-state index is 10.7. The predicted octanol–water partition coefficient (Wildman–Crippen LogP) is 1.84. The van der Waals surface area contributed by atoms with Gasteiger partial charge in [-0.3, -0.25) is 10.1 Å². The van der Waals surface area contributed by atoms with Crippen LogP contribution in [0.2, 0.25) is 0 Å². The molecular weight excluding hydrogens is 218 g/mol. The molecule has 2 rings (SSSR count). The number of thioether (sulfide) groups is 1. The molecule has 0 saturated carbocycles. The molecule has 1 saturated heterocycles. The molecule has 0 aliphatic carbocycles. The monoisotopic (exact) mass is 229 g/mol. The summed E-state index contributed by atoms with van der Waals surface area (Å²) >= 11 is 3.39. The number of carbonyl (C=O) groups is 1. The van der Waals surface area contributed by atoms with Crippen LogP contribution in [0.5, 0.6) is 0 Å². The first kappa shape index (κ1) is 10.0. The first-order chi connectivity index (χ1) is 6.66. The second-order valence-corrected chi connectivity index (χ2v) is 5.68. The molecule has 1 unspecified atom stereocenters. The van der Waals surface area contributed by atoms with Gasteiger partial charge in [-0.05, 0) is 19.1 Å². The molecule has 2 atom stereocenters. The fraction of sp³-hybridized carbons (Fsp3) is 0.444. The van der Waals surface area contributed by atoms with E-state index < -0.39 is 12.0 Å². The van der Waals surface area contributed by atoms with Crippen LogP contribution in [0, 0.1) is 6.92 Å². The molecule has 0 aromatic carbocycles. The Hall–Kier alpha value is -0.520. The largest absolute Gasteiger partial charge is 0.480 e. The molecule has 0 amide bonds. The summed E-state index contributed by atoms with van der Waals surface area (Å²) in [5.41, 5.74) is 0. The lowest BCUT2D eigenvalue weighted by Crippen LogP contribution is -2.33. The number of rotatable bonds is 2. The molecule has 5 heteroatoms. The van der Waals surface area contributed by atoms with Crippen molar-refractivity contribution >= 4 is 29.1 Å². The minimum Gasteiger partial charge on any atom is -0.480 e. The zero-order chi connectivity index (χ0) is 10.1. The van der Waals surface area contributed by atoms with Gasteiger partial charge in [0.1, 0.15) is 6.04 Å². The van der Waals surface area contributed by atoms with Gasteiger partial charge in [-0.25, -0.2) is 0 Å². The molecule has 0 radical (unpaired) electrons. The van der Waals surface area contributed by atoms with Crippen molar-refractivity contribution in [2.45, 2.75) is 18.3 Å². The SMILES string of the molecule is Cc1ccc(C2N[C@@H](C(=O)O)CS2)s1. The van der Waals surface area contributed by atoms with E-state index in [-0.39, 0.29) is 5.37 Å². The van der Waals surface area contributed by atoms with Crippen LogP contribution in [-0.2, 0) is 4.79 Å².